The Hall–Kier alpha value is -2.37. The summed E-state index contributed by atoms with van der Waals surface area (Å²) < 4.78 is 0. The second-order valence-corrected chi connectivity index (χ2v) is 6.32. The van der Waals surface area contributed by atoms with Crippen molar-refractivity contribution in [2.24, 2.45) is 5.92 Å². The molecule has 0 saturated heterocycles. The van der Waals surface area contributed by atoms with Crippen LogP contribution in [-0.2, 0) is 20.8 Å². The Kier molecular flexibility index (Phi) is 7.95. The summed E-state index contributed by atoms with van der Waals surface area (Å²) >= 11 is 0. The molecule has 1 aromatic rings. The van der Waals surface area contributed by atoms with Crippen molar-refractivity contribution in [2.45, 2.75) is 40.2 Å². The minimum absolute atomic E-state index is 0.117. The van der Waals surface area contributed by atoms with Gasteiger partial charge >= 0.3 is 0 Å². The van der Waals surface area contributed by atoms with Gasteiger partial charge in [0.2, 0.25) is 17.7 Å². The highest BCUT2D eigenvalue weighted by Gasteiger charge is 2.11. The van der Waals surface area contributed by atoms with Crippen LogP contribution in [-0.4, -0.2) is 30.8 Å². The van der Waals surface area contributed by atoms with Gasteiger partial charge in [0.25, 0.3) is 0 Å². The van der Waals surface area contributed by atoms with Gasteiger partial charge in [0.15, 0.2) is 0 Å². The molecule has 0 saturated carbocycles. The van der Waals surface area contributed by atoms with Gasteiger partial charge in [-0.25, -0.2) is 0 Å². The van der Waals surface area contributed by atoms with E-state index in [-0.39, 0.29) is 30.9 Å². The van der Waals surface area contributed by atoms with Crippen LogP contribution in [0.15, 0.2) is 24.3 Å². The maximum absolute atomic E-state index is 11.9. The van der Waals surface area contributed by atoms with E-state index in [0.717, 1.165) is 12.0 Å². The first-order chi connectivity index (χ1) is 11.3. The highest BCUT2D eigenvalue weighted by molar-refractivity contribution is 5.87. The van der Waals surface area contributed by atoms with Crippen LogP contribution in [0.5, 0.6) is 0 Å². The van der Waals surface area contributed by atoms with Gasteiger partial charge in [0.05, 0.1) is 19.1 Å². The van der Waals surface area contributed by atoms with Crippen molar-refractivity contribution in [3.8, 4) is 0 Å². The number of nitrogens with one attached hydrogen (secondary N) is 3. The molecule has 0 spiro atoms. The van der Waals surface area contributed by atoms with Gasteiger partial charge in [-0.05, 0) is 30.4 Å². The lowest BCUT2D eigenvalue weighted by molar-refractivity contribution is -0.127. The topological polar surface area (TPSA) is 87.3 Å². The summed E-state index contributed by atoms with van der Waals surface area (Å²) in [7, 11) is 0. The van der Waals surface area contributed by atoms with Crippen molar-refractivity contribution in [1.29, 1.82) is 0 Å². The minimum Gasteiger partial charge on any atom is -0.348 e. The van der Waals surface area contributed by atoms with Gasteiger partial charge in [0.1, 0.15) is 0 Å². The Morgan fingerprint density at radius 1 is 0.917 bits per heavy atom. The number of rotatable bonds is 8. The molecule has 0 heterocycles. The zero-order valence-corrected chi connectivity index (χ0v) is 14.8. The fraction of sp³-hybridized carbons (Fsp3) is 0.500. The second kappa shape index (κ2) is 9.70. The first-order valence-electron chi connectivity index (χ1n) is 8.17. The summed E-state index contributed by atoms with van der Waals surface area (Å²) in [6.07, 6.45) is 1.03. The normalized spacial score (nSPS) is 11.7. The van der Waals surface area contributed by atoms with E-state index in [1.807, 2.05) is 19.1 Å². The van der Waals surface area contributed by atoms with E-state index in [1.165, 1.54) is 12.5 Å². The van der Waals surface area contributed by atoms with Crippen LogP contribution in [0.3, 0.4) is 0 Å². The molecule has 0 aromatic heterocycles. The molecular formula is C18H27N3O3. The molecule has 3 amide bonds. The monoisotopic (exact) mass is 333 g/mol. The van der Waals surface area contributed by atoms with Gasteiger partial charge < -0.3 is 16.0 Å². The van der Waals surface area contributed by atoms with Crippen molar-refractivity contribution in [3.63, 3.8) is 0 Å². The van der Waals surface area contributed by atoms with E-state index in [4.69, 9.17) is 0 Å². The van der Waals surface area contributed by atoms with Crippen molar-refractivity contribution < 1.29 is 14.4 Å². The summed E-state index contributed by atoms with van der Waals surface area (Å²) in [6, 6.07) is 8.04. The van der Waals surface area contributed by atoms with E-state index in [1.54, 1.807) is 0 Å². The van der Waals surface area contributed by atoms with Gasteiger partial charge in [-0.3, -0.25) is 14.4 Å². The summed E-state index contributed by atoms with van der Waals surface area (Å²) in [6.45, 7) is 7.33. The number of benzene rings is 1. The molecule has 0 aliphatic carbocycles. The van der Waals surface area contributed by atoms with Crippen molar-refractivity contribution in [2.75, 3.05) is 13.1 Å². The van der Waals surface area contributed by atoms with Crippen molar-refractivity contribution in [3.05, 3.63) is 35.4 Å². The molecule has 6 nitrogen and oxygen atoms in total. The largest absolute Gasteiger partial charge is 0.348 e. The summed E-state index contributed by atoms with van der Waals surface area (Å²) in [4.78, 5) is 34.0. The molecule has 132 valence electrons. The Labute approximate surface area is 143 Å². The molecule has 1 aromatic carbocycles. The maximum atomic E-state index is 11.9. The molecular weight excluding hydrogens is 306 g/mol. The standard InChI is InChI=1S/C18H27N3O3/c1-12(2)9-15-5-7-16(8-6-15)13(3)21-18(24)11-20-17(23)10-19-14(4)22/h5-8,12-13H,9-11H2,1-4H3,(H,19,22)(H,20,23)(H,21,24)/t13-/m0/s1. The minimum atomic E-state index is -0.397. The highest BCUT2D eigenvalue weighted by atomic mass is 16.2. The number of hydrogen-bond acceptors (Lipinski definition) is 3. The van der Waals surface area contributed by atoms with Gasteiger partial charge in [-0.1, -0.05) is 38.1 Å². The van der Waals surface area contributed by atoms with E-state index in [0.29, 0.717) is 5.92 Å². The van der Waals surface area contributed by atoms with Crippen LogP contribution in [0.4, 0.5) is 0 Å². The average Bonchev–Trinajstić information content (AvgIpc) is 2.51. The average molecular weight is 333 g/mol. The Morgan fingerprint density at radius 3 is 2.04 bits per heavy atom. The van der Waals surface area contributed by atoms with E-state index in [9.17, 15) is 14.4 Å². The van der Waals surface area contributed by atoms with E-state index >= 15 is 0 Å². The summed E-state index contributed by atoms with van der Waals surface area (Å²) in [5.74, 6) is -0.353. The molecule has 0 unspecified atom stereocenters. The number of carbonyl (C=O) groups is 3. The first kappa shape index (κ1) is 19.7. The third-order valence-corrected chi connectivity index (χ3v) is 3.45. The van der Waals surface area contributed by atoms with Crippen molar-refractivity contribution >= 4 is 17.7 Å². The van der Waals surface area contributed by atoms with Gasteiger partial charge in [0, 0.05) is 6.92 Å². The lowest BCUT2D eigenvalue weighted by Gasteiger charge is -2.15. The molecule has 0 aliphatic heterocycles. The number of hydrogen-bond donors (Lipinski definition) is 3. The third-order valence-electron chi connectivity index (χ3n) is 3.45. The van der Waals surface area contributed by atoms with Crippen LogP contribution < -0.4 is 16.0 Å². The van der Waals surface area contributed by atoms with E-state index in [2.05, 4.69) is 41.9 Å². The molecule has 0 aliphatic rings. The molecule has 1 rings (SSSR count). The lowest BCUT2D eigenvalue weighted by atomic mass is 10.00. The zero-order chi connectivity index (χ0) is 18.1. The SMILES string of the molecule is CC(=O)NCC(=O)NCC(=O)N[C@@H](C)c1ccc(CC(C)C)cc1. The molecule has 0 bridgehead atoms. The quantitative estimate of drug-likeness (QED) is 0.670. The Balaban J connectivity index is 2.40. The smallest absolute Gasteiger partial charge is 0.239 e. The predicted octanol–water partition coefficient (Wildman–Crippen LogP) is 1.31. The molecule has 6 heteroatoms. The van der Waals surface area contributed by atoms with Crippen LogP contribution >= 0.6 is 0 Å². The van der Waals surface area contributed by atoms with Gasteiger partial charge in [-0.2, -0.15) is 0 Å². The second-order valence-electron chi connectivity index (χ2n) is 6.32. The van der Waals surface area contributed by atoms with Crippen LogP contribution in [0.25, 0.3) is 0 Å². The predicted molar refractivity (Wildman–Crippen MR) is 93.2 cm³/mol. The molecule has 24 heavy (non-hydrogen) atoms. The molecule has 0 radical (unpaired) electrons. The molecule has 3 N–H and O–H groups in total. The zero-order valence-electron chi connectivity index (χ0n) is 14.8. The Morgan fingerprint density at radius 2 is 1.50 bits per heavy atom. The van der Waals surface area contributed by atoms with Crippen LogP contribution in [0.2, 0.25) is 0 Å². The maximum Gasteiger partial charge on any atom is 0.239 e. The molecule has 0 fully saturated rings. The third kappa shape index (κ3) is 7.76. The Bertz CT molecular complexity index is 567. The number of carbonyl (C=O) groups excluding carboxylic acids is 3. The van der Waals surface area contributed by atoms with Crippen LogP contribution in [0, 0.1) is 5.92 Å². The first-order valence-corrected chi connectivity index (χ1v) is 8.17. The molecule has 1 atom stereocenters. The summed E-state index contributed by atoms with van der Waals surface area (Å²) in [5.41, 5.74) is 2.29. The summed E-state index contributed by atoms with van der Waals surface area (Å²) in [5, 5.41) is 7.67. The highest BCUT2D eigenvalue weighted by Crippen LogP contribution is 2.15. The number of amides is 3. The fourth-order valence-electron chi connectivity index (χ4n) is 2.24. The van der Waals surface area contributed by atoms with Crippen molar-refractivity contribution in [1.82, 2.24) is 16.0 Å². The fourth-order valence-corrected chi connectivity index (χ4v) is 2.24. The van der Waals surface area contributed by atoms with E-state index < -0.39 is 5.91 Å². The lowest BCUT2D eigenvalue weighted by Crippen LogP contribution is -2.42. The van der Waals surface area contributed by atoms with Gasteiger partial charge in [-0.15, -0.1) is 0 Å². The van der Waals surface area contributed by atoms with Crippen LogP contribution in [0.1, 0.15) is 44.9 Å².